The molecule has 0 amide bonds. The van der Waals surface area contributed by atoms with Crippen molar-refractivity contribution in [3.63, 3.8) is 0 Å². The Kier molecular flexibility index (Phi) is 5.61. The average molecular weight is 471 g/mol. The first kappa shape index (κ1) is 23.3. The van der Waals surface area contributed by atoms with Gasteiger partial charge in [0.1, 0.15) is 0 Å². The Morgan fingerprint density at radius 1 is 1.03 bits per heavy atom. The van der Waals surface area contributed by atoms with Gasteiger partial charge in [0, 0.05) is 13.0 Å². The van der Waals surface area contributed by atoms with E-state index in [2.05, 4.69) is 0 Å². The molecule has 0 aliphatic carbocycles. The topological polar surface area (TPSA) is 92.7 Å². The van der Waals surface area contributed by atoms with Crippen LogP contribution in [-0.4, -0.2) is 26.9 Å². The molecule has 1 aromatic heterocycles. The molecular formula is C25H20F3NO5. The van der Waals surface area contributed by atoms with E-state index >= 15 is 0 Å². The van der Waals surface area contributed by atoms with Gasteiger partial charge in [-0.05, 0) is 40.5 Å². The Bertz CT molecular complexity index is 1440. The van der Waals surface area contributed by atoms with E-state index in [1.165, 1.54) is 31.3 Å². The van der Waals surface area contributed by atoms with Crippen LogP contribution in [0.25, 0.3) is 22.2 Å². The Labute approximate surface area is 191 Å². The number of alkyl halides is 3. The molecule has 2 unspecified atom stereocenters. The standard InChI is InChI=1S/C25H20F3NO5/c1-14(21-17(15-7-4-3-5-8-15)9-6-10-18(21)22(30)31)24(33,25(26,27)28)16-11-12-19-20(13-16)34-23(32)29(19)2/h3-14,33H,1-2H3,(H,30,31). The zero-order chi connectivity index (χ0) is 24.8. The van der Waals surface area contributed by atoms with E-state index in [9.17, 15) is 33.0 Å². The Balaban J connectivity index is 2.01. The number of rotatable bonds is 5. The lowest BCUT2D eigenvalue weighted by Crippen LogP contribution is -2.47. The van der Waals surface area contributed by atoms with Crippen molar-refractivity contribution >= 4 is 17.1 Å². The van der Waals surface area contributed by atoms with E-state index in [0.717, 1.165) is 23.6 Å². The first-order valence-electron chi connectivity index (χ1n) is 10.3. The van der Waals surface area contributed by atoms with Gasteiger partial charge in [0.2, 0.25) is 0 Å². The predicted octanol–water partition coefficient (Wildman–Crippen LogP) is 5.05. The van der Waals surface area contributed by atoms with Crippen LogP contribution in [0.15, 0.2) is 75.9 Å². The maximum absolute atomic E-state index is 14.6. The first-order valence-corrected chi connectivity index (χ1v) is 10.3. The number of hydrogen-bond acceptors (Lipinski definition) is 4. The summed E-state index contributed by atoms with van der Waals surface area (Å²) in [6.07, 6.45) is -5.20. The second-order valence-electron chi connectivity index (χ2n) is 8.03. The summed E-state index contributed by atoms with van der Waals surface area (Å²) in [5.41, 5.74) is -3.72. The second kappa shape index (κ2) is 8.18. The van der Waals surface area contributed by atoms with E-state index in [4.69, 9.17) is 4.42 Å². The number of fused-ring (bicyclic) bond motifs is 1. The number of hydrogen-bond donors (Lipinski definition) is 2. The van der Waals surface area contributed by atoms with Crippen molar-refractivity contribution in [2.75, 3.05) is 0 Å². The number of carbonyl (C=O) groups is 1. The van der Waals surface area contributed by atoms with Gasteiger partial charge in [-0.3, -0.25) is 4.57 Å². The highest BCUT2D eigenvalue weighted by atomic mass is 19.4. The summed E-state index contributed by atoms with van der Waals surface area (Å²) in [5.74, 6) is -3.94. The first-order chi connectivity index (χ1) is 16.0. The van der Waals surface area contributed by atoms with Gasteiger partial charge in [0.05, 0.1) is 11.1 Å². The number of carboxylic acid groups (broad SMARTS) is 1. The summed E-state index contributed by atoms with van der Waals surface area (Å²) in [6.45, 7) is 1.13. The third kappa shape index (κ3) is 3.58. The fourth-order valence-corrected chi connectivity index (χ4v) is 4.33. The fourth-order valence-electron chi connectivity index (χ4n) is 4.33. The van der Waals surface area contributed by atoms with E-state index in [1.807, 2.05) is 0 Å². The van der Waals surface area contributed by atoms with E-state index in [0.29, 0.717) is 5.56 Å². The number of aryl methyl sites for hydroxylation is 1. The lowest BCUT2D eigenvalue weighted by Gasteiger charge is -2.38. The summed E-state index contributed by atoms with van der Waals surface area (Å²) < 4.78 is 49.9. The van der Waals surface area contributed by atoms with Gasteiger partial charge in [-0.1, -0.05) is 55.5 Å². The predicted molar refractivity (Wildman–Crippen MR) is 119 cm³/mol. The number of aliphatic hydroxyl groups is 1. The van der Waals surface area contributed by atoms with Gasteiger partial charge >= 0.3 is 17.9 Å². The van der Waals surface area contributed by atoms with Crippen LogP contribution in [0.2, 0.25) is 0 Å². The van der Waals surface area contributed by atoms with Crippen molar-refractivity contribution in [3.8, 4) is 11.1 Å². The molecule has 0 fully saturated rings. The molecule has 9 heteroatoms. The minimum absolute atomic E-state index is 0.130. The number of carboxylic acids is 1. The highest BCUT2D eigenvalue weighted by Gasteiger charge is 2.59. The molecule has 4 rings (SSSR count). The molecule has 3 aromatic carbocycles. The Morgan fingerprint density at radius 3 is 2.32 bits per heavy atom. The molecule has 0 saturated carbocycles. The largest absolute Gasteiger partial charge is 0.478 e. The molecule has 2 N–H and O–H groups in total. The zero-order valence-electron chi connectivity index (χ0n) is 18.1. The van der Waals surface area contributed by atoms with Gasteiger partial charge < -0.3 is 14.6 Å². The Hall–Kier alpha value is -3.85. The molecule has 0 bridgehead atoms. The number of halogens is 3. The van der Waals surface area contributed by atoms with Crippen LogP contribution in [0.1, 0.15) is 34.3 Å². The molecule has 34 heavy (non-hydrogen) atoms. The maximum Gasteiger partial charge on any atom is 0.422 e. The van der Waals surface area contributed by atoms with Gasteiger partial charge in [-0.25, -0.2) is 9.59 Å². The monoisotopic (exact) mass is 471 g/mol. The lowest BCUT2D eigenvalue weighted by molar-refractivity contribution is -0.274. The second-order valence-corrected chi connectivity index (χ2v) is 8.03. The molecule has 0 spiro atoms. The SMILES string of the molecule is CC(c1c(C(=O)O)cccc1-c1ccccc1)C(O)(c1ccc2c(c1)oc(=O)n2C)C(F)(F)F. The van der Waals surface area contributed by atoms with E-state index in [1.54, 1.807) is 30.3 Å². The number of aromatic carboxylic acids is 1. The van der Waals surface area contributed by atoms with Crippen LogP contribution in [0.3, 0.4) is 0 Å². The van der Waals surface area contributed by atoms with Crippen LogP contribution < -0.4 is 5.76 Å². The maximum atomic E-state index is 14.6. The molecule has 176 valence electrons. The number of aromatic nitrogens is 1. The number of nitrogens with zero attached hydrogens (tertiary/aromatic N) is 1. The van der Waals surface area contributed by atoms with Crippen LogP contribution in [0, 0.1) is 0 Å². The van der Waals surface area contributed by atoms with Crippen LogP contribution in [-0.2, 0) is 12.6 Å². The molecule has 0 aliphatic rings. The lowest BCUT2D eigenvalue weighted by atomic mass is 9.74. The average Bonchev–Trinajstić information content (AvgIpc) is 3.10. The molecule has 0 saturated heterocycles. The molecule has 1 heterocycles. The highest BCUT2D eigenvalue weighted by molar-refractivity contribution is 5.92. The van der Waals surface area contributed by atoms with Crippen molar-refractivity contribution in [2.24, 2.45) is 7.05 Å². The molecular weight excluding hydrogens is 451 g/mol. The van der Waals surface area contributed by atoms with Gasteiger partial charge in [0.25, 0.3) is 0 Å². The van der Waals surface area contributed by atoms with Gasteiger partial charge in [-0.15, -0.1) is 0 Å². The molecule has 6 nitrogen and oxygen atoms in total. The third-order valence-electron chi connectivity index (χ3n) is 6.15. The quantitative estimate of drug-likeness (QED) is 0.425. The summed E-state index contributed by atoms with van der Waals surface area (Å²) >= 11 is 0. The van der Waals surface area contributed by atoms with Crippen molar-refractivity contribution in [1.29, 1.82) is 0 Å². The summed E-state index contributed by atoms with van der Waals surface area (Å²) in [7, 11) is 1.40. The number of oxazole rings is 1. The van der Waals surface area contributed by atoms with Crippen LogP contribution in [0.5, 0.6) is 0 Å². The van der Waals surface area contributed by atoms with Crippen molar-refractivity contribution in [3.05, 3.63) is 94.0 Å². The summed E-state index contributed by atoms with van der Waals surface area (Å²) in [5, 5.41) is 21.1. The fraction of sp³-hybridized carbons (Fsp3) is 0.200. The van der Waals surface area contributed by atoms with Crippen LogP contribution >= 0.6 is 0 Å². The normalized spacial score (nSPS) is 14.6. The molecule has 4 aromatic rings. The number of benzene rings is 3. The zero-order valence-corrected chi connectivity index (χ0v) is 18.1. The highest BCUT2D eigenvalue weighted by Crippen LogP contribution is 2.51. The summed E-state index contributed by atoms with van der Waals surface area (Å²) in [4.78, 5) is 23.8. The van der Waals surface area contributed by atoms with E-state index < -0.39 is 35.0 Å². The van der Waals surface area contributed by atoms with Crippen molar-refractivity contribution in [2.45, 2.75) is 24.6 Å². The van der Waals surface area contributed by atoms with Gasteiger partial charge in [-0.2, -0.15) is 13.2 Å². The van der Waals surface area contributed by atoms with Gasteiger partial charge in [0.15, 0.2) is 11.2 Å². The van der Waals surface area contributed by atoms with Crippen LogP contribution in [0.4, 0.5) is 13.2 Å². The minimum atomic E-state index is -5.20. The Morgan fingerprint density at radius 2 is 1.71 bits per heavy atom. The van der Waals surface area contributed by atoms with Crippen molar-refractivity contribution < 1.29 is 32.6 Å². The van der Waals surface area contributed by atoms with E-state index in [-0.39, 0.29) is 27.8 Å². The minimum Gasteiger partial charge on any atom is -0.478 e. The summed E-state index contributed by atoms with van der Waals surface area (Å²) in [6, 6.07) is 15.8. The third-order valence-corrected chi connectivity index (χ3v) is 6.15. The molecule has 2 atom stereocenters. The van der Waals surface area contributed by atoms with Crippen molar-refractivity contribution in [1.82, 2.24) is 4.57 Å². The molecule has 0 radical (unpaired) electrons. The molecule has 0 aliphatic heterocycles. The smallest absolute Gasteiger partial charge is 0.422 e.